The molecule has 0 spiro atoms. The monoisotopic (exact) mass is 386 g/mol. The molecule has 0 aliphatic heterocycles. The molecule has 28 heavy (non-hydrogen) atoms. The minimum absolute atomic E-state index is 0.0247. The van der Waals surface area contributed by atoms with Gasteiger partial charge in [0.25, 0.3) is 0 Å². The van der Waals surface area contributed by atoms with Crippen molar-refractivity contribution in [1.29, 1.82) is 0 Å². The largest absolute Gasteiger partial charge is 0.506 e. The number of phenols is 2. The van der Waals surface area contributed by atoms with Crippen molar-refractivity contribution < 1.29 is 19.8 Å². The Morgan fingerprint density at radius 3 is 1.43 bits per heavy atom. The van der Waals surface area contributed by atoms with Crippen LogP contribution in [0.15, 0.2) is 48.5 Å². The zero-order valence-corrected chi connectivity index (χ0v) is 15.6. The second-order valence-corrected chi connectivity index (χ2v) is 6.21. The Morgan fingerprint density at radius 2 is 1.04 bits per heavy atom. The number of urea groups is 2. The van der Waals surface area contributed by atoms with Crippen LogP contribution < -0.4 is 21.3 Å². The lowest BCUT2D eigenvalue weighted by Gasteiger charge is -2.09. The van der Waals surface area contributed by atoms with Crippen LogP contribution in [-0.4, -0.2) is 35.4 Å². The zero-order chi connectivity index (χ0) is 20.2. The third-order valence-corrected chi connectivity index (χ3v) is 3.98. The summed E-state index contributed by atoms with van der Waals surface area (Å²) in [5.74, 6) is 0.0494. The van der Waals surface area contributed by atoms with Gasteiger partial charge in [0.15, 0.2) is 0 Å². The molecule has 0 saturated heterocycles. The number of carbonyl (C=O) groups is 2. The second kappa shape index (κ2) is 11.3. The molecule has 8 nitrogen and oxygen atoms in total. The van der Waals surface area contributed by atoms with Gasteiger partial charge in [-0.15, -0.1) is 0 Å². The lowest BCUT2D eigenvalue weighted by atomic mass is 10.2. The fourth-order valence-electron chi connectivity index (χ4n) is 2.50. The van der Waals surface area contributed by atoms with Gasteiger partial charge in [-0.2, -0.15) is 0 Å². The molecule has 0 atom stereocenters. The van der Waals surface area contributed by atoms with Crippen LogP contribution in [0.1, 0.15) is 25.7 Å². The first kappa shape index (κ1) is 20.9. The number of rotatable bonds is 9. The predicted molar refractivity (Wildman–Crippen MR) is 109 cm³/mol. The molecule has 2 aromatic rings. The molecule has 0 saturated carbocycles. The number of phenolic OH excluding ortho intramolecular Hbond substituents is 2. The number of aromatic hydroxyl groups is 2. The maximum absolute atomic E-state index is 11.7. The first-order chi connectivity index (χ1) is 13.6. The van der Waals surface area contributed by atoms with E-state index in [-0.39, 0.29) is 23.6 Å². The standard InChI is InChI=1S/C20H26N4O4/c25-17-11-5-3-9-15(17)23-19(27)21-13-7-1-2-8-14-22-20(28)24-16-10-4-6-12-18(16)26/h3-6,9-12,25-26H,1-2,7-8,13-14H2,(H2,21,23,27)(H2,22,24,28). The second-order valence-electron chi connectivity index (χ2n) is 6.21. The summed E-state index contributed by atoms with van der Waals surface area (Å²) in [7, 11) is 0. The summed E-state index contributed by atoms with van der Waals surface area (Å²) < 4.78 is 0. The Balaban J connectivity index is 1.48. The van der Waals surface area contributed by atoms with Crippen LogP contribution in [0.25, 0.3) is 0 Å². The van der Waals surface area contributed by atoms with Crippen LogP contribution in [0.5, 0.6) is 11.5 Å². The van der Waals surface area contributed by atoms with Crippen molar-refractivity contribution in [3.8, 4) is 11.5 Å². The van der Waals surface area contributed by atoms with Gasteiger partial charge < -0.3 is 31.5 Å². The molecular weight excluding hydrogens is 360 g/mol. The number of unbranched alkanes of at least 4 members (excludes halogenated alkanes) is 3. The quantitative estimate of drug-likeness (QED) is 0.291. The lowest BCUT2D eigenvalue weighted by Crippen LogP contribution is -2.30. The molecule has 0 aliphatic rings. The van der Waals surface area contributed by atoms with Crippen LogP contribution in [-0.2, 0) is 0 Å². The topological polar surface area (TPSA) is 123 Å². The highest BCUT2D eigenvalue weighted by Crippen LogP contribution is 2.21. The highest BCUT2D eigenvalue weighted by Gasteiger charge is 2.05. The molecule has 150 valence electrons. The minimum Gasteiger partial charge on any atom is -0.506 e. The van der Waals surface area contributed by atoms with Crippen LogP contribution >= 0.6 is 0 Å². The summed E-state index contributed by atoms with van der Waals surface area (Å²) in [5, 5.41) is 29.8. The van der Waals surface area contributed by atoms with Crippen molar-refractivity contribution in [3.05, 3.63) is 48.5 Å². The van der Waals surface area contributed by atoms with Gasteiger partial charge in [0.1, 0.15) is 11.5 Å². The predicted octanol–water partition coefficient (Wildman–Crippen LogP) is 3.60. The van der Waals surface area contributed by atoms with Gasteiger partial charge in [0, 0.05) is 13.1 Å². The van der Waals surface area contributed by atoms with Gasteiger partial charge in [0.2, 0.25) is 0 Å². The number of para-hydroxylation sites is 4. The summed E-state index contributed by atoms with van der Waals surface area (Å²) >= 11 is 0. The van der Waals surface area contributed by atoms with Crippen LogP contribution in [0.4, 0.5) is 21.0 Å². The van der Waals surface area contributed by atoms with E-state index >= 15 is 0 Å². The van der Waals surface area contributed by atoms with E-state index in [0.717, 1.165) is 25.7 Å². The van der Waals surface area contributed by atoms with E-state index in [1.807, 2.05) is 0 Å². The Hall–Kier alpha value is -3.42. The maximum atomic E-state index is 11.7. The molecule has 6 N–H and O–H groups in total. The molecule has 0 unspecified atom stereocenters. The Bertz CT molecular complexity index is 717. The summed E-state index contributed by atoms with van der Waals surface area (Å²) in [4.78, 5) is 23.5. The summed E-state index contributed by atoms with van der Waals surface area (Å²) in [6.07, 6.45) is 3.47. The number of carbonyl (C=O) groups excluding carboxylic acids is 2. The third kappa shape index (κ3) is 7.45. The summed E-state index contributed by atoms with van der Waals surface area (Å²) in [5.41, 5.74) is 0.737. The maximum Gasteiger partial charge on any atom is 0.319 e. The van der Waals surface area contributed by atoms with Crippen molar-refractivity contribution >= 4 is 23.4 Å². The van der Waals surface area contributed by atoms with Crippen molar-refractivity contribution in [3.63, 3.8) is 0 Å². The smallest absolute Gasteiger partial charge is 0.319 e. The van der Waals surface area contributed by atoms with Crippen molar-refractivity contribution in [2.24, 2.45) is 0 Å². The van der Waals surface area contributed by atoms with E-state index in [1.165, 1.54) is 12.1 Å². The lowest BCUT2D eigenvalue weighted by molar-refractivity contribution is 0.250. The van der Waals surface area contributed by atoms with Gasteiger partial charge in [-0.3, -0.25) is 0 Å². The first-order valence-corrected chi connectivity index (χ1v) is 9.22. The molecular formula is C20H26N4O4. The van der Waals surface area contributed by atoms with E-state index in [4.69, 9.17) is 0 Å². The molecule has 0 aliphatic carbocycles. The molecule has 0 heterocycles. The number of hydrogen-bond acceptors (Lipinski definition) is 4. The third-order valence-electron chi connectivity index (χ3n) is 3.98. The fourth-order valence-corrected chi connectivity index (χ4v) is 2.50. The van der Waals surface area contributed by atoms with E-state index in [9.17, 15) is 19.8 Å². The number of nitrogens with one attached hydrogen (secondary N) is 4. The molecule has 2 aromatic carbocycles. The SMILES string of the molecule is O=C(NCCCCCCNC(=O)Nc1ccccc1O)Nc1ccccc1O. The van der Waals surface area contributed by atoms with Gasteiger partial charge in [0.05, 0.1) is 11.4 Å². The average molecular weight is 386 g/mol. The highest BCUT2D eigenvalue weighted by atomic mass is 16.3. The zero-order valence-electron chi connectivity index (χ0n) is 15.6. The van der Waals surface area contributed by atoms with Gasteiger partial charge in [-0.25, -0.2) is 9.59 Å². The van der Waals surface area contributed by atoms with Crippen molar-refractivity contribution in [1.82, 2.24) is 10.6 Å². The van der Waals surface area contributed by atoms with Gasteiger partial charge in [-0.05, 0) is 37.1 Å². The molecule has 2 rings (SSSR count). The Kier molecular flexibility index (Phi) is 8.45. The number of amides is 4. The van der Waals surface area contributed by atoms with Gasteiger partial charge in [-0.1, -0.05) is 37.1 Å². The average Bonchev–Trinajstić information content (AvgIpc) is 2.67. The fraction of sp³-hybridized carbons (Fsp3) is 0.300. The minimum atomic E-state index is -0.357. The summed E-state index contributed by atoms with van der Waals surface area (Å²) in [6.45, 7) is 1.06. The highest BCUT2D eigenvalue weighted by molar-refractivity contribution is 5.91. The van der Waals surface area contributed by atoms with Crippen LogP contribution in [0.3, 0.4) is 0 Å². The first-order valence-electron chi connectivity index (χ1n) is 9.22. The molecule has 8 heteroatoms. The van der Waals surface area contributed by atoms with Crippen LogP contribution in [0, 0.1) is 0 Å². The van der Waals surface area contributed by atoms with Gasteiger partial charge >= 0.3 is 12.1 Å². The molecule has 0 radical (unpaired) electrons. The van der Waals surface area contributed by atoms with Crippen LogP contribution in [0.2, 0.25) is 0 Å². The van der Waals surface area contributed by atoms with E-state index in [2.05, 4.69) is 21.3 Å². The molecule has 0 bridgehead atoms. The van der Waals surface area contributed by atoms with Crippen molar-refractivity contribution in [2.75, 3.05) is 23.7 Å². The number of hydrogen-bond donors (Lipinski definition) is 6. The van der Waals surface area contributed by atoms with E-state index in [0.29, 0.717) is 24.5 Å². The normalized spacial score (nSPS) is 10.1. The summed E-state index contributed by atoms with van der Waals surface area (Å²) in [6, 6.07) is 12.4. The van der Waals surface area contributed by atoms with Crippen molar-refractivity contribution in [2.45, 2.75) is 25.7 Å². The van der Waals surface area contributed by atoms with E-state index < -0.39 is 0 Å². The Labute approximate surface area is 164 Å². The van der Waals surface area contributed by atoms with E-state index in [1.54, 1.807) is 36.4 Å². The molecule has 4 amide bonds. The number of benzene rings is 2. The number of anilines is 2. The Morgan fingerprint density at radius 1 is 0.643 bits per heavy atom. The molecule has 0 fully saturated rings. The molecule has 0 aromatic heterocycles.